The van der Waals surface area contributed by atoms with E-state index in [9.17, 15) is 9.18 Å². The van der Waals surface area contributed by atoms with Crippen LogP contribution in [0.2, 0.25) is 0 Å². The minimum absolute atomic E-state index is 0.252. The van der Waals surface area contributed by atoms with E-state index >= 15 is 0 Å². The van der Waals surface area contributed by atoms with Gasteiger partial charge in [-0.05, 0) is 60.7 Å². The molecular weight excluding hydrogens is 521 g/mol. The van der Waals surface area contributed by atoms with Crippen LogP contribution < -0.4 is 16.0 Å². The summed E-state index contributed by atoms with van der Waals surface area (Å²) in [5, 5.41) is 29.1. The molecule has 0 aliphatic carbocycles. The number of nitrogens with zero attached hydrogens (tertiary/aromatic N) is 4. The Morgan fingerprint density at radius 2 is 1.71 bits per heavy atom. The minimum atomic E-state index is -0.434. The molecule has 10 nitrogen and oxygen atoms in total. The van der Waals surface area contributed by atoms with E-state index in [0.717, 1.165) is 39.2 Å². The van der Waals surface area contributed by atoms with Crippen molar-refractivity contribution in [3.05, 3.63) is 96.7 Å². The zero-order chi connectivity index (χ0) is 28.6. The van der Waals surface area contributed by atoms with Gasteiger partial charge in [-0.15, -0.1) is 0 Å². The lowest BCUT2D eigenvalue weighted by atomic mass is 9.92. The summed E-state index contributed by atoms with van der Waals surface area (Å²) in [6.07, 6.45) is 3.53. The second kappa shape index (κ2) is 10.3. The van der Waals surface area contributed by atoms with Crippen molar-refractivity contribution in [3.8, 4) is 16.9 Å². The maximum absolute atomic E-state index is 13.5. The number of amides is 2. The summed E-state index contributed by atoms with van der Waals surface area (Å²) in [5.41, 5.74) is 6.04. The smallest absolute Gasteiger partial charge is 0.324 e. The average molecular weight is 550 g/mol. The van der Waals surface area contributed by atoms with Gasteiger partial charge in [-0.1, -0.05) is 26.8 Å². The first-order valence-electron chi connectivity index (χ1n) is 13.0. The lowest BCUT2D eigenvalue weighted by Gasteiger charge is -2.14. The second-order valence-electron chi connectivity index (χ2n) is 10.7. The van der Waals surface area contributed by atoms with Crippen LogP contribution in [-0.2, 0) is 5.41 Å². The largest absolute Gasteiger partial charge is 0.355 e. The van der Waals surface area contributed by atoms with Gasteiger partial charge >= 0.3 is 6.03 Å². The molecule has 0 aliphatic rings. The topological polar surface area (TPSA) is 128 Å². The number of urea groups is 1. The summed E-state index contributed by atoms with van der Waals surface area (Å²) in [6.45, 7) is 6.11. The number of aromatic nitrogens is 6. The molecule has 11 heteroatoms. The van der Waals surface area contributed by atoms with Crippen LogP contribution in [-0.4, -0.2) is 36.2 Å². The van der Waals surface area contributed by atoms with Crippen LogP contribution in [0.25, 0.3) is 27.8 Å². The third kappa shape index (κ3) is 5.50. The number of rotatable bonds is 6. The predicted molar refractivity (Wildman–Crippen MR) is 158 cm³/mol. The third-order valence-corrected chi connectivity index (χ3v) is 6.53. The van der Waals surface area contributed by atoms with Crippen molar-refractivity contribution >= 4 is 39.8 Å². The zero-order valence-corrected chi connectivity index (χ0v) is 22.7. The number of aromatic amines is 2. The zero-order valence-electron chi connectivity index (χ0n) is 22.7. The van der Waals surface area contributed by atoms with Crippen molar-refractivity contribution in [3.63, 3.8) is 0 Å². The van der Waals surface area contributed by atoms with E-state index in [4.69, 9.17) is 0 Å². The summed E-state index contributed by atoms with van der Waals surface area (Å²) in [5.74, 6) is 0.122. The molecule has 0 saturated heterocycles. The second-order valence-corrected chi connectivity index (χ2v) is 10.7. The minimum Gasteiger partial charge on any atom is -0.355 e. The molecule has 0 aliphatic heterocycles. The van der Waals surface area contributed by atoms with Gasteiger partial charge in [-0.3, -0.25) is 15.5 Å². The Morgan fingerprint density at radius 1 is 0.927 bits per heavy atom. The fourth-order valence-corrected chi connectivity index (χ4v) is 4.43. The number of hydrogen-bond acceptors (Lipinski definition) is 5. The SMILES string of the molecule is CC(C)(C)c1cc(NC(=O)Nc2cccc(Nc3ccc4c(-c5cn[nH]c5)n[nH]c4c3)c2)n(-c2ccc(F)cc2)n1. The highest BCUT2D eigenvalue weighted by Crippen LogP contribution is 2.30. The van der Waals surface area contributed by atoms with Crippen LogP contribution in [0.5, 0.6) is 0 Å². The number of anilines is 4. The standard InChI is InChI=1S/C30H28FN9O/c1-30(2,3)26-15-27(40(39-26)23-10-7-19(31)8-11-23)36-29(41)35-21-6-4-5-20(13-21)34-22-9-12-24-25(14-22)37-38-28(24)18-16-32-33-17-18/h4-17,34H,1-3H3,(H,32,33)(H,37,38)(H2,35,36,41). The Kier molecular flexibility index (Phi) is 6.46. The van der Waals surface area contributed by atoms with Crippen molar-refractivity contribution in [2.45, 2.75) is 26.2 Å². The number of carbonyl (C=O) groups excluding carboxylic acids is 1. The lowest BCUT2D eigenvalue weighted by molar-refractivity contribution is 0.262. The number of benzene rings is 3. The molecule has 0 spiro atoms. The van der Waals surface area contributed by atoms with E-state index < -0.39 is 6.03 Å². The molecule has 3 aromatic heterocycles. The summed E-state index contributed by atoms with van der Waals surface area (Å²) in [6, 6.07) is 20.7. The van der Waals surface area contributed by atoms with Crippen molar-refractivity contribution in [1.82, 2.24) is 30.2 Å². The number of nitrogens with one attached hydrogen (secondary N) is 5. The van der Waals surface area contributed by atoms with Crippen LogP contribution in [0.3, 0.4) is 0 Å². The average Bonchev–Trinajstić information content (AvgIpc) is 3.69. The Balaban J connectivity index is 1.18. The molecule has 0 bridgehead atoms. The van der Waals surface area contributed by atoms with Gasteiger partial charge in [0.2, 0.25) is 0 Å². The fraction of sp³-hybridized carbons (Fsp3) is 0.133. The Bertz CT molecular complexity index is 1830. The molecule has 0 atom stereocenters. The Morgan fingerprint density at radius 3 is 2.46 bits per heavy atom. The molecule has 3 aromatic carbocycles. The first-order chi connectivity index (χ1) is 19.7. The summed E-state index contributed by atoms with van der Waals surface area (Å²) >= 11 is 0. The highest BCUT2D eigenvalue weighted by Gasteiger charge is 2.21. The summed E-state index contributed by atoms with van der Waals surface area (Å²) in [4.78, 5) is 13.0. The van der Waals surface area contributed by atoms with Crippen LogP contribution in [0.4, 0.5) is 32.1 Å². The molecule has 0 fully saturated rings. The predicted octanol–water partition coefficient (Wildman–Crippen LogP) is 6.96. The normalized spacial score (nSPS) is 11.5. The molecule has 41 heavy (non-hydrogen) atoms. The van der Waals surface area contributed by atoms with Crippen molar-refractivity contribution < 1.29 is 9.18 Å². The number of H-pyrrole nitrogens is 2. The number of halogens is 1. The lowest BCUT2D eigenvalue weighted by Crippen LogP contribution is -2.21. The maximum Gasteiger partial charge on any atom is 0.324 e. The molecule has 5 N–H and O–H groups in total. The van der Waals surface area contributed by atoms with Crippen LogP contribution in [0.1, 0.15) is 26.5 Å². The highest BCUT2D eigenvalue weighted by atomic mass is 19.1. The monoisotopic (exact) mass is 549 g/mol. The number of fused-ring (bicyclic) bond motifs is 1. The molecule has 6 aromatic rings. The molecule has 2 amide bonds. The molecule has 0 unspecified atom stereocenters. The molecular formula is C30H28FN9O. The molecule has 6 rings (SSSR count). The quantitative estimate of drug-likeness (QED) is 0.153. The van der Waals surface area contributed by atoms with Gasteiger partial charge in [-0.25, -0.2) is 13.9 Å². The van der Waals surface area contributed by atoms with Gasteiger partial charge in [0.1, 0.15) is 17.3 Å². The van der Waals surface area contributed by atoms with Gasteiger partial charge in [-0.2, -0.15) is 15.3 Å². The summed E-state index contributed by atoms with van der Waals surface area (Å²) in [7, 11) is 0. The van der Waals surface area contributed by atoms with Gasteiger partial charge in [0, 0.05) is 45.7 Å². The Hall–Kier alpha value is -5.45. The van der Waals surface area contributed by atoms with Gasteiger partial charge in [0.15, 0.2) is 0 Å². The molecule has 0 saturated carbocycles. The molecule has 0 radical (unpaired) electrons. The van der Waals surface area contributed by atoms with Gasteiger partial charge in [0.05, 0.1) is 23.1 Å². The molecule has 206 valence electrons. The maximum atomic E-state index is 13.5. The van der Waals surface area contributed by atoms with E-state index in [1.165, 1.54) is 12.1 Å². The fourth-order valence-electron chi connectivity index (χ4n) is 4.43. The van der Waals surface area contributed by atoms with Crippen molar-refractivity contribution in [1.29, 1.82) is 0 Å². The van der Waals surface area contributed by atoms with E-state index in [0.29, 0.717) is 17.2 Å². The number of carbonyl (C=O) groups is 1. The van der Waals surface area contributed by atoms with Crippen LogP contribution in [0, 0.1) is 5.82 Å². The summed E-state index contributed by atoms with van der Waals surface area (Å²) < 4.78 is 15.1. The van der Waals surface area contributed by atoms with Crippen molar-refractivity contribution in [2.75, 3.05) is 16.0 Å². The first-order valence-corrected chi connectivity index (χ1v) is 13.0. The van der Waals surface area contributed by atoms with E-state index in [-0.39, 0.29) is 11.2 Å². The molecule has 3 heterocycles. The first kappa shape index (κ1) is 25.8. The third-order valence-electron chi connectivity index (χ3n) is 6.53. The number of hydrogen-bond donors (Lipinski definition) is 5. The van der Waals surface area contributed by atoms with Gasteiger partial charge in [0.25, 0.3) is 0 Å². The van der Waals surface area contributed by atoms with E-state index in [2.05, 4.69) is 41.4 Å². The van der Waals surface area contributed by atoms with Crippen molar-refractivity contribution in [2.24, 2.45) is 0 Å². The van der Waals surface area contributed by atoms with Crippen LogP contribution in [0.15, 0.2) is 85.2 Å². The van der Waals surface area contributed by atoms with Gasteiger partial charge < -0.3 is 10.6 Å². The van der Waals surface area contributed by atoms with Crippen LogP contribution >= 0.6 is 0 Å². The Labute approximate surface area is 235 Å². The van der Waals surface area contributed by atoms with E-state index in [1.807, 2.05) is 63.2 Å². The highest BCUT2D eigenvalue weighted by molar-refractivity contribution is 6.00. The van der Waals surface area contributed by atoms with E-state index in [1.54, 1.807) is 35.3 Å².